The zero-order valence-corrected chi connectivity index (χ0v) is 21.5. The number of amides is 2. The largest absolute Gasteiger partial charge is 0.378 e. The molecule has 0 bridgehead atoms. The Labute approximate surface area is 217 Å². The van der Waals surface area contributed by atoms with Gasteiger partial charge in [0.25, 0.3) is 5.91 Å². The van der Waals surface area contributed by atoms with Gasteiger partial charge in [-0.1, -0.05) is 11.8 Å². The molecule has 0 radical (unpaired) electrons. The second-order valence-corrected chi connectivity index (χ2v) is 9.28. The average Bonchev–Trinajstić information content (AvgIpc) is 2.88. The summed E-state index contributed by atoms with van der Waals surface area (Å²) in [6.45, 7) is 4.61. The van der Waals surface area contributed by atoms with Crippen LogP contribution in [0.2, 0.25) is 0 Å². The molecular formula is C27H33N5O5. The number of hydrogen-bond donors (Lipinski definition) is 3. The molecule has 0 spiro atoms. The van der Waals surface area contributed by atoms with Crippen LogP contribution in [0.5, 0.6) is 0 Å². The average molecular weight is 508 g/mol. The zero-order valence-electron chi connectivity index (χ0n) is 21.5. The van der Waals surface area contributed by atoms with Gasteiger partial charge in [-0.2, -0.15) is 0 Å². The second kappa shape index (κ2) is 13.2. The molecule has 1 fully saturated rings. The highest BCUT2D eigenvalue weighted by molar-refractivity contribution is 6.04. The van der Waals surface area contributed by atoms with Crippen molar-refractivity contribution in [2.75, 3.05) is 32.1 Å². The summed E-state index contributed by atoms with van der Waals surface area (Å²) in [7, 11) is 2.93. The van der Waals surface area contributed by atoms with Crippen molar-refractivity contribution in [3.05, 3.63) is 41.1 Å². The first-order valence-electron chi connectivity index (χ1n) is 11.8. The van der Waals surface area contributed by atoms with Gasteiger partial charge in [0, 0.05) is 57.3 Å². The summed E-state index contributed by atoms with van der Waals surface area (Å²) in [5.41, 5.74) is 0.800. The molecule has 0 aliphatic carbocycles. The van der Waals surface area contributed by atoms with Gasteiger partial charge in [0.15, 0.2) is 6.29 Å². The lowest BCUT2D eigenvalue weighted by Crippen LogP contribution is -2.47. The molecule has 1 aromatic rings. The topological polar surface area (TPSA) is 140 Å². The number of carbonyl (C=O) groups excluding carboxylic acids is 5. The van der Waals surface area contributed by atoms with Crippen LogP contribution in [0.4, 0.5) is 5.69 Å². The SMILES string of the molecule is CNC(=O)C(CCC=O)N(C)C(=O)c1cc(N2CC(C#C/C(C=N)=C/NC(C)(C)C=O)C2)ccc1C=O. The van der Waals surface area contributed by atoms with Crippen LogP contribution in [0.25, 0.3) is 0 Å². The van der Waals surface area contributed by atoms with Crippen LogP contribution in [-0.2, 0) is 14.4 Å². The molecule has 10 nitrogen and oxygen atoms in total. The number of nitrogens with one attached hydrogen (secondary N) is 3. The van der Waals surface area contributed by atoms with Crippen molar-refractivity contribution in [3.8, 4) is 11.8 Å². The molecule has 1 unspecified atom stereocenters. The Kier molecular flexibility index (Phi) is 10.3. The van der Waals surface area contributed by atoms with Crippen LogP contribution in [0.3, 0.4) is 0 Å². The normalized spacial score (nSPS) is 14.3. The Bertz CT molecular complexity index is 1140. The van der Waals surface area contributed by atoms with Crippen LogP contribution in [0.1, 0.15) is 47.4 Å². The quantitative estimate of drug-likeness (QED) is 0.219. The Morgan fingerprint density at radius 2 is 1.97 bits per heavy atom. The predicted molar refractivity (Wildman–Crippen MR) is 141 cm³/mol. The van der Waals surface area contributed by atoms with E-state index in [1.165, 1.54) is 19.0 Å². The molecule has 196 valence electrons. The third-order valence-electron chi connectivity index (χ3n) is 6.01. The molecule has 37 heavy (non-hydrogen) atoms. The Balaban J connectivity index is 2.16. The van der Waals surface area contributed by atoms with E-state index in [1.807, 2.05) is 4.90 Å². The highest BCUT2D eigenvalue weighted by Crippen LogP contribution is 2.27. The number of nitrogens with zero attached hydrogens (tertiary/aromatic N) is 2. The summed E-state index contributed by atoms with van der Waals surface area (Å²) in [5.74, 6) is 5.20. The fourth-order valence-electron chi connectivity index (χ4n) is 3.63. The molecule has 1 aromatic carbocycles. The standard InChI is InChI=1S/C27H33N5O5/c1-27(2,18-35)30-14-19(13-28)7-8-20-15-32(16-20)22-10-9-21(17-34)23(12-22)26(37)31(4)24(6-5-11-33)25(36)29-3/h9-14,17-18,20,24,28,30H,5-6,15-16H2,1-4H3,(H,29,36)/b19-14-,28-13?. The van der Waals surface area contributed by atoms with E-state index in [-0.39, 0.29) is 29.9 Å². The van der Waals surface area contributed by atoms with E-state index in [9.17, 15) is 24.0 Å². The zero-order chi connectivity index (χ0) is 27.6. The highest BCUT2D eigenvalue weighted by Gasteiger charge is 2.30. The smallest absolute Gasteiger partial charge is 0.255 e. The maximum atomic E-state index is 13.3. The maximum Gasteiger partial charge on any atom is 0.255 e. The fraction of sp³-hybridized carbons (Fsp3) is 0.407. The summed E-state index contributed by atoms with van der Waals surface area (Å²) in [6, 6.07) is 4.10. The molecule has 1 saturated heterocycles. The fourth-order valence-corrected chi connectivity index (χ4v) is 3.63. The minimum atomic E-state index is -0.850. The van der Waals surface area contributed by atoms with E-state index in [0.29, 0.717) is 31.2 Å². The van der Waals surface area contributed by atoms with Crippen LogP contribution < -0.4 is 15.5 Å². The van der Waals surface area contributed by atoms with Gasteiger partial charge in [-0.15, -0.1) is 0 Å². The van der Waals surface area contributed by atoms with Crippen molar-refractivity contribution in [1.82, 2.24) is 15.5 Å². The number of allylic oxidation sites excluding steroid dienone is 1. The van der Waals surface area contributed by atoms with E-state index < -0.39 is 23.4 Å². The van der Waals surface area contributed by atoms with E-state index >= 15 is 0 Å². The van der Waals surface area contributed by atoms with Gasteiger partial charge in [-0.05, 0) is 38.5 Å². The molecule has 1 heterocycles. The third-order valence-corrected chi connectivity index (χ3v) is 6.01. The lowest BCUT2D eigenvalue weighted by Gasteiger charge is -2.38. The van der Waals surface area contributed by atoms with Crippen molar-refractivity contribution >= 4 is 42.6 Å². The van der Waals surface area contributed by atoms with Gasteiger partial charge < -0.3 is 35.4 Å². The molecule has 2 rings (SSSR count). The van der Waals surface area contributed by atoms with Crippen LogP contribution in [0, 0.1) is 23.2 Å². The van der Waals surface area contributed by atoms with Gasteiger partial charge in [0.05, 0.1) is 22.6 Å². The summed E-state index contributed by atoms with van der Waals surface area (Å²) in [4.78, 5) is 62.3. The molecule has 1 atom stereocenters. The van der Waals surface area contributed by atoms with Crippen molar-refractivity contribution in [2.24, 2.45) is 5.92 Å². The summed E-state index contributed by atoms with van der Waals surface area (Å²) in [5, 5.41) is 12.9. The van der Waals surface area contributed by atoms with E-state index in [1.54, 1.807) is 38.2 Å². The molecule has 2 amide bonds. The van der Waals surface area contributed by atoms with Gasteiger partial charge in [-0.3, -0.25) is 14.4 Å². The Morgan fingerprint density at radius 1 is 1.27 bits per heavy atom. The van der Waals surface area contributed by atoms with Gasteiger partial charge in [-0.25, -0.2) is 0 Å². The first-order valence-corrected chi connectivity index (χ1v) is 11.8. The molecular weight excluding hydrogens is 474 g/mol. The van der Waals surface area contributed by atoms with Crippen molar-refractivity contribution in [2.45, 2.75) is 38.3 Å². The molecule has 3 N–H and O–H groups in total. The van der Waals surface area contributed by atoms with Crippen LogP contribution in [-0.4, -0.2) is 80.6 Å². The summed E-state index contributed by atoms with van der Waals surface area (Å²) in [6.07, 6.45) is 5.01. The Morgan fingerprint density at radius 3 is 2.54 bits per heavy atom. The molecule has 1 aliphatic heterocycles. The number of rotatable bonds is 12. The van der Waals surface area contributed by atoms with E-state index in [0.717, 1.165) is 18.2 Å². The predicted octanol–water partition coefficient (Wildman–Crippen LogP) is 1.20. The van der Waals surface area contributed by atoms with Crippen molar-refractivity contribution in [3.63, 3.8) is 0 Å². The lowest BCUT2D eigenvalue weighted by molar-refractivity contribution is -0.125. The molecule has 0 saturated carbocycles. The lowest BCUT2D eigenvalue weighted by atomic mass is 9.97. The summed E-state index contributed by atoms with van der Waals surface area (Å²) < 4.78 is 0. The van der Waals surface area contributed by atoms with E-state index in [2.05, 4.69) is 22.5 Å². The van der Waals surface area contributed by atoms with Gasteiger partial charge in [0.1, 0.15) is 18.6 Å². The van der Waals surface area contributed by atoms with Gasteiger partial charge in [0.2, 0.25) is 5.91 Å². The first-order chi connectivity index (χ1) is 17.6. The Hall–Kier alpha value is -4.26. The first kappa shape index (κ1) is 29.0. The van der Waals surface area contributed by atoms with E-state index in [4.69, 9.17) is 5.41 Å². The number of benzene rings is 1. The minimum absolute atomic E-state index is 0.0379. The monoisotopic (exact) mass is 507 g/mol. The number of anilines is 1. The number of hydrogen-bond acceptors (Lipinski definition) is 8. The second-order valence-electron chi connectivity index (χ2n) is 9.28. The number of aldehydes is 3. The molecule has 10 heteroatoms. The third kappa shape index (κ3) is 7.61. The maximum absolute atomic E-state index is 13.3. The molecule has 0 aromatic heterocycles. The number of likely N-dealkylation sites (N-methyl/N-ethyl adjacent to an activating group) is 2. The van der Waals surface area contributed by atoms with Crippen molar-refractivity contribution < 1.29 is 24.0 Å². The van der Waals surface area contributed by atoms with Crippen LogP contribution >= 0.6 is 0 Å². The van der Waals surface area contributed by atoms with Crippen LogP contribution in [0.15, 0.2) is 30.0 Å². The summed E-state index contributed by atoms with van der Waals surface area (Å²) >= 11 is 0. The minimum Gasteiger partial charge on any atom is -0.378 e. The van der Waals surface area contributed by atoms with Crippen molar-refractivity contribution in [1.29, 1.82) is 5.41 Å². The highest BCUT2D eigenvalue weighted by atomic mass is 16.2. The molecule has 1 aliphatic rings. The number of carbonyl (C=O) groups is 5. The van der Waals surface area contributed by atoms with Gasteiger partial charge >= 0.3 is 0 Å².